The summed E-state index contributed by atoms with van der Waals surface area (Å²) < 4.78 is 10.8. The van der Waals surface area contributed by atoms with Gasteiger partial charge >= 0.3 is 0 Å². The molecule has 0 N–H and O–H groups in total. The summed E-state index contributed by atoms with van der Waals surface area (Å²) >= 11 is 3.04. The zero-order valence-corrected chi connectivity index (χ0v) is 4.33. The molecular formula is C3H5BrF. The maximum atomic E-state index is 10.8. The molecule has 0 fully saturated rings. The van der Waals surface area contributed by atoms with Crippen LogP contribution in [0.1, 0.15) is 6.42 Å². The Hall–Kier alpha value is 0.410. The predicted octanol–water partition coefficient (Wildman–Crippen LogP) is 1.90. The third-order valence-electron chi connectivity index (χ3n) is 0.218. The average Bonchev–Trinajstić information content (AvgIpc) is 1.41. The second-order valence-corrected chi connectivity index (χ2v) is 1.42. The van der Waals surface area contributed by atoms with Gasteiger partial charge in [-0.05, 0) is 6.42 Å². The minimum Gasteiger partial charge on any atom is -0.244 e. The highest BCUT2D eigenvalue weighted by molar-refractivity contribution is 9.09. The highest BCUT2D eigenvalue weighted by atomic mass is 79.9. The summed E-state index contributed by atoms with van der Waals surface area (Å²) in [6.07, 6.45) is 0.514. The number of hydrogen-bond donors (Lipinski definition) is 0. The van der Waals surface area contributed by atoms with Gasteiger partial charge in [-0.2, -0.15) is 0 Å². The molecule has 31 valence electrons. The summed E-state index contributed by atoms with van der Waals surface area (Å²) in [7, 11) is 0. The summed E-state index contributed by atoms with van der Waals surface area (Å²) in [5.74, 6) is 0. The molecule has 0 rings (SSSR count). The smallest absolute Gasteiger partial charge is 0.132 e. The number of halogens is 2. The van der Waals surface area contributed by atoms with E-state index in [0.717, 1.165) is 5.33 Å². The van der Waals surface area contributed by atoms with Crippen molar-refractivity contribution in [2.75, 3.05) is 5.33 Å². The molecule has 0 aliphatic heterocycles. The fraction of sp³-hybridized carbons (Fsp3) is 0.667. The van der Waals surface area contributed by atoms with Gasteiger partial charge in [-0.3, -0.25) is 0 Å². The van der Waals surface area contributed by atoms with E-state index in [1.165, 1.54) is 0 Å². The minimum atomic E-state index is 0.514. The highest BCUT2D eigenvalue weighted by Gasteiger charge is 1.74. The van der Waals surface area contributed by atoms with Gasteiger partial charge in [0.25, 0.3) is 0 Å². The van der Waals surface area contributed by atoms with Crippen molar-refractivity contribution in [1.29, 1.82) is 0 Å². The quantitative estimate of drug-likeness (QED) is 0.514. The van der Waals surface area contributed by atoms with E-state index in [0.29, 0.717) is 13.1 Å². The summed E-state index contributed by atoms with van der Waals surface area (Å²) in [4.78, 5) is 0. The van der Waals surface area contributed by atoms with Gasteiger partial charge in [-0.15, -0.1) is 0 Å². The van der Waals surface area contributed by atoms with Crippen LogP contribution in [0.15, 0.2) is 0 Å². The fourth-order valence-corrected chi connectivity index (χ4v) is 0.214. The maximum Gasteiger partial charge on any atom is 0.132 e. The molecule has 0 unspecified atom stereocenters. The van der Waals surface area contributed by atoms with E-state index in [1.807, 2.05) is 0 Å². The Bertz CT molecular complexity index is 14.4. The van der Waals surface area contributed by atoms with Gasteiger partial charge in [0.05, 0.1) is 0 Å². The lowest BCUT2D eigenvalue weighted by Gasteiger charge is -1.73. The molecule has 0 saturated carbocycles. The zero-order valence-electron chi connectivity index (χ0n) is 2.75. The van der Waals surface area contributed by atoms with Crippen LogP contribution in [0.5, 0.6) is 0 Å². The molecule has 2 heteroatoms. The molecule has 0 nitrogen and oxygen atoms in total. The van der Waals surface area contributed by atoms with Gasteiger partial charge in [0.2, 0.25) is 0 Å². The normalized spacial score (nSPS) is 8.40. The molecule has 0 amide bonds. The van der Waals surface area contributed by atoms with Gasteiger partial charge in [0, 0.05) is 5.33 Å². The lowest BCUT2D eigenvalue weighted by Crippen LogP contribution is -1.64. The topological polar surface area (TPSA) is 0 Å². The van der Waals surface area contributed by atoms with Crippen LogP contribution >= 0.6 is 15.9 Å². The molecule has 5 heavy (non-hydrogen) atoms. The van der Waals surface area contributed by atoms with Gasteiger partial charge in [0.15, 0.2) is 0 Å². The first-order valence-corrected chi connectivity index (χ1v) is 2.52. The van der Waals surface area contributed by atoms with Crippen LogP contribution in [0, 0.1) is 6.67 Å². The van der Waals surface area contributed by atoms with Crippen molar-refractivity contribution in [2.45, 2.75) is 6.42 Å². The van der Waals surface area contributed by atoms with Crippen LogP contribution in [0.3, 0.4) is 0 Å². The maximum absolute atomic E-state index is 10.8. The summed E-state index contributed by atoms with van der Waals surface area (Å²) in [6.45, 7) is 0.634. The molecule has 0 heterocycles. The van der Waals surface area contributed by atoms with Gasteiger partial charge < -0.3 is 0 Å². The SMILES string of the molecule is F[CH]CCBr. The number of rotatable bonds is 2. The third kappa shape index (κ3) is 4.41. The van der Waals surface area contributed by atoms with Crippen LogP contribution in [0.2, 0.25) is 0 Å². The molecule has 0 aliphatic rings. The fourth-order valence-electron chi connectivity index (χ4n) is 0.0412. The first kappa shape index (κ1) is 5.41. The van der Waals surface area contributed by atoms with Crippen molar-refractivity contribution in [3.63, 3.8) is 0 Å². The first-order valence-electron chi connectivity index (χ1n) is 1.39. The van der Waals surface area contributed by atoms with E-state index in [2.05, 4.69) is 15.9 Å². The Morgan fingerprint density at radius 2 is 2.40 bits per heavy atom. The zero-order chi connectivity index (χ0) is 4.12. The Morgan fingerprint density at radius 3 is 2.40 bits per heavy atom. The molecule has 0 spiro atoms. The Kier molecular flexibility index (Phi) is 4.77. The largest absolute Gasteiger partial charge is 0.244 e. The van der Waals surface area contributed by atoms with Crippen LogP contribution in [0.4, 0.5) is 4.39 Å². The molecule has 0 aromatic carbocycles. The monoisotopic (exact) mass is 139 g/mol. The van der Waals surface area contributed by atoms with Crippen LogP contribution in [-0.4, -0.2) is 5.33 Å². The Labute approximate surface area is 39.5 Å². The lowest BCUT2D eigenvalue weighted by atomic mass is 10.6. The number of alkyl halides is 1. The van der Waals surface area contributed by atoms with Crippen LogP contribution in [0.25, 0.3) is 0 Å². The molecule has 0 atom stereocenters. The van der Waals surface area contributed by atoms with Crippen molar-refractivity contribution in [1.82, 2.24) is 0 Å². The number of hydrogen-bond acceptors (Lipinski definition) is 0. The second-order valence-electron chi connectivity index (χ2n) is 0.632. The van der Waals surface area contributed by atoms with Gasteiger partial charge in [-0.25, -0.2) is 4.39 Å². The van der Waals surface area contributed by atoms with E-state index in [1.54, 1.807) is 0 Å². The second kappa shape index (κ2) is 4.41. The standard InChI is InChI=1S/C3H5BrF/c4-2-1-3-5/h3H,1-2H2. The van der Waals surface area contributed by atoms with Gasteiger partial charge in [-0.1, -0.05) is 15.9 Å². The third-order valence-corrected chi connectivity index (χ3v) is 0.676. The molecular weight excluding hydrogens is 135 g/mol. The molecule has 0 saturated heterocycles. The average molecular weight is 140 g/mol. The molecule has 0 aromatic heterocycles. The molecule has 0 aromatic rings. The van der Waals surface area contributed by atoms with E-state index in [-0.39, 0.29) is 0 Å². The summed E-state index contributed by atoms with van der Waals surface area (Å²) in [5, 5.41) is 0.726. The van der Waals surface area contributed by atoms with Crippen LogP contribution < -0.4 is 0 Å². The summed E-state index contributed by atoms with van der Waals surface area (Å²) in [6, 6.07) is 0. The first-order chi connectivity index (χ1) is 2.41. The van der Waals surface area contributed by atoms with E-state index < -0.39 is 0 Å². The van der Waals surface area contributed by atoms with Crippen molar-refractivity contribution in [3.05, 3.63) is 6.67 Å². The molecule has 0 aliphatic carbocycles. The summed E-state index contributed by atoms with van der Waals surface area (Å²) in [5.41, 5.74) is 0. The Morgan fingerprint density at radius 1 is 1.80 bits per heavy atom. The van der Waals surface area contributed by atoms with Crippen molar-refractivity contribution in [2.24, 2.45) is 0 Å². The van der Waals surface area contributed by atoms with Crippen molar-refractivity contribution >= 4 is 15.9 Å². The van der Waals surface area contributed by atoms with Gasteiger partial charge in [0.1, 0.15) is 6.67 Å². The molecule has 0 bridgehead atoms. The molecule has 1 radical (unpaired) electrons. The van der Waals surface area contributed by atoms with E-state index in [9.17, 15) is 4.39 Å². The lowest BCUT2D eigenvalue weighted by molar-refractivity contribution is 0.594. The minimum absolute atomic E-state index is 0.514. The highest BCUT2D eigenvalue weighted by Crippen LogP contribution is 1.90. The van der Waals surface area contributed by atoms with Crippen molar-refractivity contribution < 1.29 is 4.39 Å². The van der Waals surface area contributed by atoms with E-state index >= 15 is 0 Å². The van der Waals surface area contributed by atoms with E-state index in [4.69, 9.17) is 0 Å². The predicted molar refractivity (Wildman–Crippen MR) is 23.8 cm³/mol. The Balaban J connectivity index is 2.19. The van der Waals surface area contributed by atoms with Crippen molar-refractivity contribution in [3.8, 4) is 0 Å². The van der Waals surface area contributed by atoms with Crippen LogP contribution in [-0.2, 0) is 0 Å².